The van der Waals surface area contributed by atoms with Gasteiger partial charge in [-0.15, -0.1) is 0 Å². The van der Waals surface area contributed by atoms with Crippen molar-refractivity contribution in [3.8, 4) is 11.5 Å². The molecule has 0 aliphatic heterocycles. The topological polar surface area (TPSA) is 70.5 Å². The molecule has 0 bridgehead atoms. The molecule has 0 amide bonds. The van der Waals surface area contributed by atoms with E-state index in [1.54, 1.807) is 26.0 Å². The first-order valence-electron chi connectivity index (χ1n) is 10.5. The number of fused-ring (bicyclic) bond motifs is 1. The summed E-state index contributed by atoms with van der Waals surface area (Å²) < 4.78 is 17.3. The van der Waals surface area contributed by atoms with Gasteiger partial charge < -0.3 is 14.2 Å². The molecule has 0 aliphatic rings. The summed E-state index contributed by atoms with van der Waals surface area (Å²) in [5.41, 5.74) is 3.93. The number of hydrogen-bond donors (Lipinski definition) is 0. The minimum absolute atomic E-state index is 0.200. The average molecular weight is 428 g/mol. The van der Waals surface area contributed by atoms with Gasteiger partial charge in [-0.2, -0.15) is 0 Å². The van der Waals surface area contributed by atoms with Gasteiger partial charge in [-0.1, -0.05) is 60.7 Å². The van der Waals surface area contributed by atoms with Crippen molar-refractivity contribution in [2.45, 2.75) is 27.1 Å². The van der Waals surface area contributed by atoms with Crippen LogP contribution in [0.25, 0.3) is 11.0 Å². The Morgan fingerprint density at radius 2 is 1.28 bits per heavy atom. The SMILES string of the molecule is CCOC(=O)c1nc2cc(OCc3ccccc3)c(OCc3ccccc3)cc2nc1C. The van der Waals surface area contributed by atoms with E-state index in [0.717, 1.165) is 11.1 Å². The number of carbonyl (C=O) groups excluding carboxylic acids is 1. The number of benzene rings is 3. The van der Waals surface area contributed by atoms with Gasteiger partial charge in [0.2, 0.25) is 0 Å². The van der Waals surface area contributed by atoms with Crippen molar-refractivity contribution >= 4 is 17.0 Å². The Balaban J connectivity index is 1.69. The minimum atomic E-state index is -0.490. The summed E-state index contributed by atoms with van der Waals surface area (Å²) >= 11 is 0. The molecule has 6 heteroatoms. The molecular weight excluding hydrogens is 404 g/mol. The van der Waals surface area contributed by atoms with Crippen LogP contribution in [0.2, 0.25) is 0 Å². The number of hydrogen-bond acceptors (Lipinski definition) is 6. The van der Waals surface area contributed by atoms with Crippen LogP contribution in [-0.4, -0.2) is 22.5 Å². The second-order valence-corrected chi connectivity index (χ2v) is 7.21. The molecule has 162 valence electrons. The van der Waals surface area contributed by atoms with Crippen molar-refractivity contribution in [2.75, 3.05) is 6.61 Å². The fourth-order valence-corrected chi connectivity index (χ4v) is 3.24. The van der Waals surface area contributed by atoms with Crippen LogP contribution in [-0.2, 0) is 18.0 Å². The number of ether oxygens (including phenoxy) is 3. The van der Waals surface area contributed by atoms with Crippen LogP contribution in [0.5, 0.6) is 11.5 Å². The maximum Gasteiger partial charge on any atom is 0.358 e. The lowest BCUT2D eigenvalue weighted by Crippen LogP contribution is -2.11. The second kappa shape index (κ2) is 9.92. The lowest BCUT2D eigenvalue weighted by atomic mass is 10.2. The number of nitrogens with zero attached hydrogens (tertiary/aromatic N) is 2. The molecule has 0 aliphatic carbocycles. The third-order valence-electron chi connectivity index (χ3n) is 4.85. The van der Waals surface area contributed by atoms with Crippen molar-refractivity contribution in [3.05, 3.63) is 95.3 Å². The Morgan fingerprint density at radius 3 is 1.78 bits per heavy atom. The number of carbonyl (C=O) groups is 1. The largest absolute Gasteiger partial charge is 0.485 e. The molecule has 0 N–H and O–H groups in total. The Hall–Kier alpha value is -3.93. The lowest BCUT2D eigenvalue weighted by molar-refractivity contribution is 0.0518. The number of esters is 1. The number of aromatic nitrogens is 2. The van der Waals surface area contributed by atoms with Crippen molar-refractivity contribution < 1.29 is 19.0 Å². The molecule has 0 saturated carbocycles. The summed E-state index contributed by atoms with van der Waals surface area (Å²) in [5, 5.41) is 0. The first kappa shape index (κ1) is 21.3. The molecule has 4 aromatic rings. The van der Waals surface area contributed by atoms with Crippen LogP contribution < -0.4 is 9.47 Å². The van der Waals surface area contributed by atoms with Crippen molar-refractivity contribution in [3.63, 3.8) is 0 Å². The van der Waals surface area contributed by atoms with Gasteiger partial charge in [-0.25, -0.2) is 14.8 Å². The molecule has 1 heterocycles. The summed E-state index contributed by atoms with van der Waals surface area (Å²) in [5.74, 6) is 0.607. The van der Waals surface area contributed by atoms with Gasteiger partial charge in [-0.3, -0.25) is 0 Å². The predicted molar refractivity (Wildman–Crippen MR) is 122 cm³/mol. The first-order chi connectivity index (χ1) is 15.6. The fraction of sp³-hybridized carbons (Fsp3) is 0.192. The molecular formula is C26H24N2O4. The Morgan fingerprint density at radius 1 is 0.781 bits per heavy atom. The van der Waals surface area contributed by atoms with Gasteiger partial charge in [0.1, 0.15) is 13.2 Å². The molecule has 0 saturated heterocycles. The first-order valence-corrected chi connectivity index (χ1v) is 10.5. The normalized spacial score (nSPS) is 10.7. The molecule has 0 fully saturated rings. The zero-order chi connectivity index (χ0) is 22.3. The molecule has 0 radical (unpaired) electrons. The predicted octanol–water partition coefficient (Wildman–Crippen LogP) is 5.27. The smallest absolute Gasteiger partial charge is 0.358 e. The zero-order valence-corrected chi connectivity index (χ0v) is 18.1. The van der Waals surface area contributed by atoms with E-state index in [2.05, 4.69) is 9.97 Å². The van der Waals surface area contributed by atoms with Gasteiger partial charge in [0.25, 0.3) is 0 Å². The van der Waals surface area contributed by atoms with Gasteiger partial charge in [-0.05, 0) is 25.0 Å². The highest BCUT2D eigenvalue weighted by molar-refractivity contribution is 5.91. The Labute approximate surface area is 186 Å². The highest BCUT2D eigenvalue weighted by Gasteiger charge is 2.17. The average Bonchev–Trinajstić information content (AvgIpc) is 2.82. The van der Waals surface area contributed by atoms with Gasteiger partial charge in [0.05, 0.1) is 23.3 Å². The standard InChI is InChI=1S/C26H24N2O4/c1-3-30-26(29)25-18(2)27-21-14-23(31-16-19-10-6-4-7-11-19)24(15-22(21)28-25)32-17-20-12-8-5-9-13-20/h4-15H,3,16-17H2,1-2H3. The quantitative estimate of drug-likeness (QED) is 0.356. The van der Waals surface area contributed by atoms with E-state index in [1.165, 1.54) is 0 Å². The molecule has 6 nitrogen and oxygen atoms in total. The third kappa shape index (κ3) is 5.03. The van der Waals surface area contributed by atoms with E-state index in [9.17, 15) is 4.79 Å². The molecule has 0 unspecified atom stereocenters. The zero-order valence-electron chi connectivity index (χ0n) is 18.1. The third-order valence-corrected chi connectivity index (χ3v) is 4.85. The summed E-state index contributed by atoms with van der Waals surface area (Å²) in [4.78, 5) is 21.3. The van der Waals surface area contributed by atoms with Crippen LogP contribution >= 0.6 is 0 Å². The van der Waals surface area contributed by atoms with Crippen LogP contribution in [0.4, 0.5) is 0 Å². The van der Waals surface area contributed by atoms with E-state index < -0.39 is 5.97 Å². The highest BCUT2D eigenvalue weighted by Crippen LogP contribution is 2.33. The van der Waals surface area contributed by atoms with Crippen LogP contribution in [0, 0.1) is 6.92 Å². The summed E-state index contributed by atoms with van der Waals surface area (Å²) in [6.07, 6.45) is 0. The molecule has 3 aromatic carbocycles. The molecule has 4 rings (SSSR count). The Bertz CT molecular complexity index is 1210. The maximum absolute atomic E-state index is 12.3. The van der Waals surface area contributed by atoms with Crippen LogP contribution in [0.3, 0.4) is 0 Å². The number of aryl methyl sites for hydroxylation is 1. The summed E-state index contributed by atoms with van der Waals surface area (Å²) in [6, 6.07) is 23.3. The second-order valence-electron chi connectivity index (χ2n) is 7.21. The van der Waals surface area contributed by atoms with E-state index >= 15 is 0 Å². The molecule has 0 spiro atoms. The summed E-state index contributed by atoms with van der Waals surface area (Å²) in [6.45, 7) is 4.53. The van der Waals surface area contributed by atoms with Crippen molar-refractivity contribution in [1.82, 2.24) is 9.97 Å². The van der Waals surface area contributed by atoms with E-state index in [0.29, 0.717) is 41.4 Å². The minimum Gasteiger partial charge on any atom is -0.485 e. The highest BCUT2D eigenvalue weighted by atomic mass is 16.5. The van der Waals surface area contributed by atoms with Crippen molar-refractivity contribution in [1.29, 1.82) is 0 Å². The van der Waals surface area contributed by atoms with Crippen LogP contribution in [0.1, 0.15) is 34.2 Å². The van der Waals surface area contributed by atoms with Gasteiger partial charge >= 0.3 is 5.97 Å². The number of rotatable bonds is 8. The molecule has 1 aromatic heterocycles. The van der Waals surface area contributed by atoms with E-state index in [4.69, 9.17) is 14.2 Å². The van der Waals surface area contributed by atoms with Crippen LogP contribution in [0.15, 0.2) is 72.8 Å². The molecule has 0 atom stereocenters. The van der Waals surface area contributed by atoms with Gasteiger partial charge in [0, 0.05) is 12.1 Å². The molecule has 32 heavy (non-hydrogen) atoms. The monoisotopic (exact) mass is 428 g/mol. The maximum atomic E-state index is 12.3. The van der Waals surface area contributed by atoms with Gasteiger partial charge in [0.15, 0.2) is 17.2 Å². The van der Waals surface area contributed by atoms with E-state index in [-0.39, 0.29) is 12.3 Å². The fourth-order valence-electron chi connectivity index (χ4n) is 3.24. The van der Waals surface area contributed by atoms with E-state index in [1.807, 2.05) is 60.7 Å². The summed E-state index contributed by atoms with van der Waals surface area (Å²) in [7, 11) is 0. The lowest BCUT2D eigenvalue weighted by Gasteiger charge is -2.15. The Kier molecular flexibility index (Phi) is 6.60. The van der Waals surface area contributed by atoms with Crippen molar-refractivity contribution in [2.24, 2.45) is 0 Å².